The monoisotopic (exact) mass is 514 g/mol. The van der Waals surface area contributed by atoms with Crippen LogP contribution in [0.5, 0.6) is 5.75 Å². The van der Waals surface area contributed by atoms with Gasteiger partial charge in [0.15, 0.2) is 5.96 Å². The number of amides is 1. The molecule has 0 radical (unpaired) electrons. The molecule has 0 saturated heterocycles. The van der Waals surface area contributed by atoms with Crippen molar-refractivity contribution in [3.63, 3.8) is 0 Å². The summed E-state index contributed by atoms with van der Waals surface area (Å²) in [5.74, 6) is 1.05. The summed E-state index contributed by atoms with van der Waals surface area (Å²) in [6.45, 7) is 1.82. The van der Waals surface area contributed by atoms with Crippen molar-refractivity contribution in [3.05, 3.63) is 65.5 Å². The van der Waals surface area contributed by atoms with Gasteiger partial charge in [-0.15, -0.1) is 24.0 Å². The molecule has 0 fully saturated rings. The number of hydrogen-bond acceptors (Lipinski definition) is 3. The van der Waals surface area contributed by atoms with Crippen molar-refractivity contribution in [3.8, 4) is 5.75 Å². The van der Waals surface area contributed by atoms with E-state index in [-0.39, 0.29) is 35.7 Å². The van der Waals surface area contributed by atoms with E-state index >= 15 is 0 Å². The van der Waals surface area contributed by atoms with E-state index in [0.29, 0.717) is 37.0 Å². The molecule has 158 valence electrons. The molecule has 6 nitrogen and oxygen atoms in total. The van der Waals surface area contributed by atoms with Gasteiger partial charge in [0.1, 0.15) is 11.6 Å². The molecule has 0 atom stereocenters. The fourth-order valence-electron chi connectivity index (χ4n) is 2.43. The zero-order valence-electron chi connectivity index (χ0n) is 16.9. The topological polar surface area (TPSA) is 66.0 Å². The lowest BCUT2D eigenvalue weighted by Crippen LogP contribution is -2.37. The summed E-state index contributed by atoms with van der Waals surface area (Å²) in [7, 11) is 5.18. The molecule has 2 aromatic carbocycles. The van der Waals surface area contributed by atoms with Crippen LogP contribution in [0.4, 0.5) is 4.39 Å². The molecular weight excluding hydrogens is 486 g/mol. The highest BCUT2D eigenvalue weighted by molar-refractivity contribution is 14.0. The van der Waals surface area contributed by atoms with E-state index in [9.17, 15) is 9.18 Å². The first-order valence-corrected chi connectivity index (χ1v) is 9.13. The van der Waals surface area contributed by atoms with Crippen LogP contribution in [0, 0.1) is 5.82 Å². The predicted molar refractivity (Wildman–Crippen MR) is 125 cm³/mol. The van der Waals surface area contributed by atoms with Gasteiger partial charge in [-0.3, -0.25) is 9.79 Å². The Morgan fingerprint density at radius 1 is 1.07 bits per heavy atom. The lowest BCUT2D eigenvalue weighted by molar-refractivity contribution is 0.0827. The number of benzene rings is 2. The van der Waals surface area contributed by atoms with Crippen molar-refractivity contribution in [2.75, 3.05) is 34.3 Å². The second kappa shape index (κ2) is 13.0. The van der Waals surface area contributed by atoms with Crippen LogP contribution >= 0.6 is 24.0 Å². The van der Waals surface area contributed by atoms with Gasteiger partial charge in [-0.05, 0) is 48.4 Å². The molecule has 0 aliphatic rings. The Labute approximate surface area is 188 Å². The molecule has 0 spiro atoms. The third-order valence-electron chi connectivity index (χ3n) is 3.99. The van der Waals surface area contributed by atoms with Crippen molar-refractivity contribution in [2.45, 2.75) is 13.0 Å². The number of nitrogens with zero attached hydrogens (tertiary/aromatic N) is 2. The maximum atomic E-state index is 12.8. The van der Waals surface area contributed by atoms with E-state index in [4.69, 9.17) is 4.74 Å². The first-order chi connectivity index (χ1) is 13.5. The molecule has 2 N–H and O–H groups in total. The van der Waals surface area contributed by atoms with Crippen LogP contribution in [0.3, 0.4) is 0 Å². The number of hydrogen-bond donors (Lipinski definition) is 2. The number of carbonyl (C=O) groups excluding carboxylic acids is 1. The maximum Gasteiger partial charge on any atom is 0.253 e. The van der Waals surface area contributed by atoms with Gasteiger partial charge in [0.2, 0.25) is 0 Å². The van der Waals surface area contributed by atoms with Crippen molar-refractivity contribution in [2.24, 2.45) is 4.99 Å². The number of rotatable bonds is 8. The normalized spacial score (nSPS) is 10.7. The van der Waals surface area contributed by atoms with Crippen LogP contribution in [-0.4, -0.2) is 51.1 Å². The molecule has 0 aliphatic carbocycles. The molecule has 0 saturated carbocycles. The number of halogens is 2. The van der Waals surface area contributed by atoms with E-state index in [1.165, 1.54) is 12.1 Å². The van der Waals surface area contributed by atoms with E-state index in [1.54, 1.807) is 38.2 Å². The first-order valence-electron chi connectivity index (χ1n) is 9.13. The highest BCUT2D eigenvalue weighted by Crippen LogP contribution is 2.11. The number of aliphatic imine (C=N–C) groups is 1. The Kier molecular flexibility index (Phi) is 11.0. The first kappa shape index (κ1) is 24.7. The summed E-state index contributed by atoms with van der Waals surface area (Å²) in [6, 6.07) is 13.5. The molecule has 2 aromatic rings. The predicted octanol–water partition coefficient (Wildman–Crippen LogP) is 3.28. The molecule has 0 unspecified atom stereocenters. The summed E-state index contributed by atoms with van der Waals surface area (Å²) < 4.78 is 18.4. The number of guanidine groups is 1. The van der Waals surface area contributed by atoms with Crippen LogP contribution in [0.25, 0.3) is 0 Å². The molecule has 8 heteroatoms. The van der Waals surface area contributed by atoms with Crippen LogP contribution in [0.2, 0.25) is 0 Å². The Bertz CT molecular complexity index is 780. The molecule has 0 heterocycles. The van der Waals surface area contributed by atoms with Gasteiger partial charge < -0.3 is 20.3 Å². The Morgan fingerprint density at radius 3 is 2.31 bits per heavy atom. The zero-order chi connectivity index (χ0) is 20.4. The molecule has 0 bridgehead atoms. The van der Waals surface area contributed by atoms with Gasteiger partial charge >= 0.3 is 0 Å². The lowest BCUT2D eigenvalue weighted by atomic mass is 10.1. The summed E-state index contributed by atoms with van der Waals surface area (Å²) in [5.41, 5.74) is 1.72. The summed E-state index contributed by atoms with van der Waals surface area (Å²) in [6.07, 6.45) is 0.777. The standard InChI is InChI=1S/C21H27FN4O2.HI/c1-23-21(24-13-4-14-28-19-11-9-18(22)10-12-19)25-15-16-5-7-17(8-6-16)20(27)26(2)3;/h5-12H,4,13-15H2,1-3H3,(H2,23,24,25);1H. The van der Waals surface area contributed by atoms with E-state index in [2.05, 4.69) is 15.6 Å². The molecule has 2 rings (SSSR count). The summed E-state index contributed by atoms with van der Waals surface area (Å²) in [4.78, 5) is 17.6. The highest BCUT2D eigenvalue weighted by atomic mass is 127. The van der Waals surface area contributed by atoms with Crippen molar-refractivity contribution >= 4 is 35.8 Å². The second-order valence-corrected chi connectivity index (χ2v) is 6.40. The summed E-state index contributed by atoms with van der Waals surface area (Å²) >= 11 is 0. The molecule has 29 heavy (non-hydrogen) atoms. The zero-order valence-corrected chi connectivity index (χ0v) is 19.3. The number of carbonyl (C=O) groups is 1. The SMILES string of the molecule is CN=C(NCCCOc1ccc(F)cc1)NCc1ccc(C(=O)N(C)C)cc1.I. The Balaban J connectivity index is 0.00000420. The average Bonchev–Trinajstić information content (AvgIpc) is 2.71. The number of nitrogens with one attached hydrogen (secondary N) is 2. The van der Waals surface area contributed by atoms with Gasteiger partial charge in [0.25, 0.3) is 5.91 Å². The third kappa shape index (κ3) is 8.68. The van der Waals surface area contributed by atoms with Crippen LogP contribution < -0.4 is 15.4 Å². The van der Waals surface area contributed by atoms with E-state index in [0.717, 1.165) is 12.0 Å². The fourth-order valence-corrected chi connectivity index (χ4v) is 2.43. The van der Waals surface area contributed by atoms with Gasteiger partial charge in [-0.25, -0.2) is 4.39 Å². The fraction of sp³-hybridized carbons (Fsp3) is 0.333. The molecular formula is C21H28FIN4O2. The van der Waals surface area contributed by atoms with E-state index < -0.39 is 0 Å². The quantitative estimate of drug-likeness (QED) is 0.246. The van der Waals surface area contributed by atoms with Crippen LogP contribution in [-0.2, 0) is 6.54 Å². The molecule has 1 amide bonds. The van der Waals surface area contributed by atoms with Crippen molar-refractivity contribution < 1.29 is 13.9 Å². The van der Waals surface area contributed by atoms with E-state index in [1.807, 2.05) is 24.3 Å². The van der Waals surface area contributed by atoms with Gasteiger partial charge in [-0.2, -0.15) is 0 Å². The smallest absolute Gasteiger partial charge is 0.253 e. The van der Waals surface area contributed by atoms with Crippen LogP contribution in [0.15, 0.2) is 53.5 Å². The Morgan fingerprint density at radius 2 is 1.72 bits per heavy atom. The molecule has 0 aromatic heterocycles. The maximum absolute atomic E-state index is 12.8. The minimum Gasteiger partial charge on any atom is -0.494 e. The minimum absolute atomic E-state index is 0. The van der Waals surface area contributed by atoms with Gasteiger partial charge in [-0.1, -0.05) is 12.1 Å². The Hall–Kier alpha value is -2.36. The van der Waals surface area contributed by atoms with Crippen molar-refractivity contribution in [1.82, 2.24) is 15.5 Å². The van der Waals surface area contributed by atoms with Gasteiger partial charge in [0.05, 0.1) is 6.61 Å². The summed E-state index contributed by atoms with van der Waals surface area (Å²) in [5, 5.41) is 6.45. The largest absolute Gasteiger partial charge is 0.494 e. The minimum atomic E-state index is -0.275. The second-order valence-electron chi connectivity index (χ2n) is 6.40. The highest BCUT2D eigenvalue weighted by Gasteiger charge is 2.07. The van der Waals surface area contributed by atoms with Crippen LogP contribution in [0.1, 0.15) is 22.3 Å². The van der Waals surface area contributed by atoms with Crippen molar-refractivity contribution in [1.29, 1.82) is 0 Å². The third-order valence-corrected chi connectivity index (χ3v) is 3.99. The van der Waals surface area contributed by atoms with Gasteiger partial charge in [0, 0.05) is 39.8 Å². The average molecular weight is 514 g/mol. The molecule has 0 aliphatic heterocycles. The number of ether oxygens (including phenoxy) is 1. The lowest BCUT2D eigenvalue weighted by Gasteiger charge is -2.13.